The van der Waals surface area contributed by atoms with E-state index in [-0.39, 0.29) is 5.75 Å². The summed E-state index contributed by atoms with van der Waals surface area (Å²) in [5.74, 6) is 0.451. The van der Waals surface area contributed by atoms with Crippen molar-refractivity contribution >= 4 is 22.0 Å². The average Bonchev–Trinajstić information content (AvgIpc) is 2.28. The number of ether oxygens (including phenoxy) is 1. The lowest BCUT2D eigenvalue weighted by molar-refractivity contribution is 0.241. The molecule has 1 aromatic carbocycles. The fourth-order valence-electron chi connectivity index (χ4n) is 2.50. The van der Waals surface area contributed by atoms with E-state index in [0.29, 0.717) is 5.75 Å². The fraction of sp³-hybridized carbons (Fsp3) is 0.462. The minimum atomic E-state index is -0.585. The van der Waals surface area contributed by atoms with Crippen LogP contribution in [0.5, 0.6) is 11.5 Å². The number of rotatable bonds is 3. The van der Waals surface area contributed by atoms with Gasteiger partial charge in [-0.1, -0.05) is 15.9 Å². The summed E-state index contributed by atoms with van der Waals surface area (Å²) in [5.41, 5.74) is 1.13. The van der Waals surface area contributed by atoms with Crippen molar-refractivity contribution in [3.05, 3.63) is 21.7 Å². The zero-order chi connectivity index (χ0) is 13.3. The van der Waals surface area contributed by atoms with Crippen LogP contribution >= 0.6 is 15.9 Å². The lowest BCUT2D eigenvalue weighted by Crippen LogP contribution is -2.33. The predicted molar refractivity (Wildman–Crippen MR) is 70.7 cm³/mol. The summed E-state index contributed by atoms with van der Waals surface area (Å²) >= 11 is 3.40. The van der Waals surface area contributed by atoms with E-state index in [9.17, 15) is 9.90 Å². The maximum absolute atomic E-state index is 10.7. The number of isocyanates is 1. The van der Waals surface area contributed by atoms with Gasteiger partial charge in [-0.2, -0.15) is 4.99 Å². The molecule has 0 saturated heterocycles. The summed E-state index contributed by atoms with van der Waals surface area (Å²) in [4.78, 5) is 14.6. The van der Waals surface area contributed by atoms with Crippen molar-refractivity contribution in [2.75, 3.05) is 7.11 Å². The van der Waals surface area contributed by atoms with Crippen LogP contribution in [0.4, 0.5) is 0 Å². The Morgan fingerprint density at radius 1 is 1.56 bits per heavy atom. The fourth-order valence-corrected chi connectivity index (χ4v) is 2.91. The highest BCUT2D eigenvalue weighted by molar-refractivity contribution is 9.10. The number of nitrogens with zero attached hydrogens (tertiary/aromatic N) is 1. The molecule has 0 aromatic heterocycles. The smallest absolute Gasteiger partial charge is 0.235 e. The third-order valence-corrected chi connectivity index (χ3v) is 4.39. The van der Waals surface area contributed by atoms with Gasteiger partial charge in [0, 0.05) is 10.0 Å². The van der Waals surface area contributed by atoms with Gasteiger partial charge in [0.15, 0.2) is 11.5 Å². The van der Waals surface area contributed by atoms with Crippen LogP contribution < -0.4 is 4.74 Å². The first kappa shape index (κ1) is 13.1. The first-order valence-corrected chi connectivity index (χ1v) is 6.50. The molecule has 18 heavy (non-hydrogen) atoms. The molecule has 1 aromatic rings. The molecule has 0 aliphatic heterocycles. The largest absolute Gasteiger partial charge is 0.504 e. The minimum Gasteiger partial charge on any atom is -0.504 e. The van der Waals surface area contributed by atoms with Crippen molar-refractivity contribution in [2.45, 2.75) is 31.7 Å². The Morgan fingerprint density at radius 3 is 2.67 bits per heavy atom. The number of phenolic OH excluding ortho intramolecular Hbond substituents is 1. The van der Waals surface area contributed by atoms with Gasteiger partial charge in [-0.15, -0.1) is 0 Å². The molecule has 4 nitrogen and oxygen atoms in total. The summed E-state index contributed by atoms with van der Waals surface area (Å²) in [6.45, 7) is 1.92. The Bertz CT molecular complexity index is 532. The Labute approximate surface area is 114 Å². The van der Waals surface area contributed by atoms with Gasteiger partial charge in [0.1, 0.15) is 5.54 Å². The van der Waals surface area contributed by atoms with Crippen molar-refractivity contribution in [2.24, 2.45) is 4.99 Å². The third-order valence-electron chi connectivity index (χ3n) is 3.57. The predicted octanol–water partition coefficient (Wildman–Crippen LogP) is 3.19. The standard InChI is InChI=1S/C13H14BrNO3/c1-8-9(14)6-10(17)12(18-2)11(8)13(15-7-16)4-3-5-13/h6,17H,3-5H2,1-2H3. The summed E-state index contributed by atoms with van der Waals surface area (Å²) < 4.78 is 6.06. The summed E-state index contributed by atoms with van der Waals surface area (Å²) in [6.07, 6.45) is 4.20. The topological polar surface area (TPSA) is 58.9 Å². The van der Waals surface area contributed by atoms with E-state index in [4.69, 9.17) is 4.74 Å². The van der Waals surface area contributed by atoms with E-state index in [0.717, 1.165) is 34.9 Å². The van der Waals surface area contributed by atoms with E-state index < -0.39 is 5.54 Å². The van der Waals surface area contributed by atoms with Gasteiger partial charge in [-0.3, -0.25) is 0 Å². The highest BCUT2D eigenvalue weighted by Gasteiger charge is 2.43. The number of aliphatic imine (C=N–C) groups is 1. The van der Waals surface area contributed by atoms with Crippen molar-refractivity contribution < 1.29 is 14.6 Å². The van der Waals surface area contributed by atoms with Crippen molar-refractivity contribution in [3.8, 4) is 11.5 Å². The van der Waals surface area contributed by atoms with Crippen LogP contribution in [0.2, 0.25) is 0 Å². The van der Waals surface area contributed by atoms with E-state index in [1.807, 2.05) is 6.92 Å². The molecule has 1 aliphatic carbocycles. The molecule has 96 valence electrons. The molecule has 1 aliphatic rings. The summed E-state index contributed by atoms with van der Waals surface area (Å²) in [7, 11) is 1.50. The minimum absolute atomic E-state index is 0.0531. The van der Waals surface area contributed by atoms with Crippen molar-refractivity contribution in [3.63, 3.8) is 0 Å². The molecule has 1 saturated carbocycles. The van der Waals surface area contributed by atoms with Gasteiger partial charge >= 0.3 is 0 Å². The number of carbonyl (C=O) groups excluding carboxylic acids is 1. The molecule has 0 heterocycles. The molecule has 2 rings (SSSR count). The number of phenols is 1. The maximum atomic E-state index is 10.7. The lowest BCUT2D eigenvalue weighted by atomic mass is 9.70. The second kappa shape index (κ2) is 4.75. The highest BCUT2D eigenvalue weighted by Crippen LogP contribution is 2.52. The molecule has 1 N–H and O–H groups in total. The van der Waals surface area contributed by atoms with Gasteiger partial charge in [0.25, 0.3) is 0 Å². The van der Waals surface area contributed by atoms with E-state index >= 15 is 0 Å². The van der Waals surface area contributed by atoms with Crippen LogP contribution in [0.15, 0.2) is 15.5 Å². The average molecular weight is 312 g/mol. The zero-order valence-corrected chi connectivity index (χ0v) is 11.9. The number of hydrogen-bond acceptors (Lipinski definition) is 4. The van der Waals surface area contributed by atoms with Gasteiger partial charge in [-0.25, -0.2) is 4.79 Å². The Morgan fingerprint density at radius 2 is 2.22 bits per heavy atom. The molecular formula is C13H14BrNO3. The third kappa shape index (κ3) is 1.84. The molecule has 1 fully saturated rings. The van der Waals surface area contributed by atoms with Crippen LogP contribution in [0.1, 0.15) is 30.4 Å². The summed E-state index contributed by atoms with van der Waals surface area (Å²) in [5, 5.41) is 9.95. The summed E-state index contributed by atoms with van der Waals surface area (Å²) in [6, 6.07) is 1.59. The first-order valence-electron chi connectivity index (χ1n) is 5.71. The van der Waals surface area contributed by atoms with Crippen LogP contribution in [0.3, 0.4) is 0 Å². The first-order chi connectivity index (χ1) is 8.55. The molecule has 0 radical (unpaired) electrons. The van der Waals surface area contributed by atoms with E-state index in [2.05, 4.69) is 20.9 Å². The van der Waals surface area contributed by atoms with E-state index in [1.54, 1.807) is 12.1 Å². The Balaban J connectivity index is 2.72. The van der Waals surface area contributed by atoms with Crippen molar-refractivity contribution in [1.29, 1.82) is 0 Å². The number of methoxy groups -OCH3 is 1. The molecular weight excluding hydrogens is 298 g/mol. The van der Waals surface area contributed by atoms with Crippen LogP contribution in [0, 0.1) is 6.92 Å². The molecule has 0 bridgehead atoms. The SMILES string of the molecule is COc1c(O)cc(Br)c(C)c1C1(N=C=O)CCC1. The normalized spacial score (nSPS) is 16.6. The zero-order valence-electron chi connectivity index (χ0n) is 10.3. The number of halogens is 1. The van der Waals surface area contributed by atoms with Crippen LogP contribution in [0.25, 0.3) is 0 Å². The highest BCUT2D eigenvalue weighted by atomic mass is 79.9. The maximum Gasteiger partial charge on any atom is 0.235 e. The van der Waals surface area contributed by atoms with Crippen molar-refractivity contribution in [1.82, 2.24) is 0 Å². The number of aromatic hydroxyl groups is 1. The molecule has 0 amide bonds. The second-order valence-electron chi connectivity index (χ2n) is 4.50. The van der Waals surface area contributed by atoms with Gasteiger partial charge < -0.3 is 9.84 Å². The van der Waals surface area contributed by atoms with Gasteiger partial charge in [0.05, 0.1) is 7.11 Å². The number of benzene rings is 1. The molecule has 0 spiro atoms. The Kier molecular flexibility index (Phi) is 3.46. The number of hydrogen-bond donors (Lipinski definition) is 1. The second-order valence-corrected chi connectivity index (χ2v) is 5.35. The van der Waals surface area contributed by atoms with Crippen LogP contribution in [-0.4, -0.2) is 18.3 Å². The van der Waals surface area contributed by atoms with Crippen LogP contribution in [-0.2, 0) is 10.3 Å². The van der Waals surface area contributed by atoms with E-state index in [1.165, 1.54) is 7.11 Å². The molecule has 5 heteroatoms. The monoisotopic (exact) mass is 311 g/mol. The Hall–Kier alpha value is -1.32. The van der Waals surface area contributed by atoms with Gasteiger partial charge in [0.2, 0.25) is 6.08 Å². The molecule has 0 unspecified atom stereocenters. The van der Waals surface area contributed by atoms with Gasteiger partial charge in [-0.05, 0) is 37.8 Å². The lowest BCUT2D eigenvalue weighted by Gasteiger charge is -2.39. The molecule has 0 atom stereocenters. The quantitative estimate of drug-likeness (QED) is 0.689.